The third kappa shape index (κ3) is 3.91. The zero-order chi connectivity index (χ0) is 19.6. The molecule has 3 fully saturated rings. The molecule has 152 valence electrons. The van der Waals surface area contributed by atoms with Crippen LogP contribution in [0, 0.1) is 17.2 Å². The molecule has 0 N–H and O–H groups in total. The number of carbonyl (C=O) groups is 2. The Morgan fingerprint density at radius 2 is 1.82 bits per heavy atom. The average Bonchev–Trinajstić information content (AvgIpc) is 3.36. The quantitative estimate of drug-likeness (QED) is 0.792. The number of nitrogens with zero attached hydrogens (tertiary/aromatic N) is 3. The molecule has 1 aromatic rings. The van der Waals surface area contributed by atoms with Crippen molar-refractivity contribution in [2.24, 2.45) is 11.3 Å². The first-order chi connectivity index (χ1) is 13.6. The van der Waals surface area contributed by atoms with Crippen LogP contribution < -0.4 is 0 Å². The highest BCUT2D eigenvalue weighted by molar-refractivity contribution is 5.92. The second kappa shape index (κ2) is 8.18. The fourth-order valence-electron chi connectivity index (χ4n) is 5.49. The maximum atomic E-state index is 13.2. The number of hydrogen-bond acceptors (Lipinski definition) is 3. The molecule has 3 aliphatic rings. The Morgan fingerprint density at radius 1 is 1.07 bits per heavy atom. The van der Waals surface area contributed by atoms with E-state index in [9.17, 15) is 14.0 Å². The molecule has 0 radical (unpaired) electrons. The lowest BCUT2D eigenvalue weighted by atomic mass is 9.66. The minimum Gasteiger partial charge on any atom is -0.343 e. The Morgan fingerprint density at radius 3 is 2.50 bits per heavy atom. The molecule has 2 saturated heterocycles. The molecule has 3 heterocycles. The van der Waals surface area contributed by atoms with Gasteiger partial charge in [0.15, 0.2) is 0 Å². The lowest BCUT2D eigenvalue weighted by Gasteiger charge is -2.38. The molecule has 1 spiro atoms. The van der Waals surface area contributed by atoms with Crippen LogP contribution in [0.2, 0.25) is 0 Å². The third-order valence-electron chi connectivity index (χ3n) is 7.06. The first-order valence-corrected chi connectivity index (χ1v) is 10.8. The van der Waals surface area contributed by atoms with Crippen LogP contribution >= 0.6 is 0 Å². The van der Waals surface area contributed by atoms with Crippen LogP contribution in [0.5, 0.6) is 0 Å². The van der Waals surface area contributed by atoms with E-state index in [1.165, 1.54) is 31.4 Å². The fraction of sp³-hybridized carbons (Fsp3) is 0.682. The zero-order valence-electron chi connectivity index (χ0n) is 16.5. The molecule has 0 aromatic carbocycles. The van der Waals surface area contributed by atoms with E-state index in [-0.39, 0.29) is 17.2 Å². The van der Waals surface area contributed by atoms with Crippen molar-refractivity contribution in [3.63, 3.8) is 0 Å². The fourth-order valence-corrected chi connectivity index (χ4v) is 5.49. The number of halogens is 1. The van der Waals surface area contributed by atoms with Crippen LogP contribution in [-0.2, 0) is 4.79 Å². The van der Waals surface area contributed by atoms with Gasteiger partial charge in [0.25, 0.3) is 5.91 Å². The lowest BCUT2D eigenvalue weighted by molar-refractivity contribution is -0.130. The number of amides is 2. The minimum atomic E-state index is -0.431. The van der Waals surface area contributed by atoms with Crippen LogP contribution in [0.15, 0.2) is 18.3 Å². The van der Waals surface area contributed by atoms with Gasteiger partial charge in [-0.15, -0.1) is 0 Å². The van der Waals surface area contributed by atoms with E-state index in [4.69, 9.17) is 0 Å². The molecule has 1 atom stereocenters. The van der Waals surface area contributed by atoms with E-state index in [1.807, 2.05) is 9.80 Å². The van der Waals surface area contributed by atoms with Crippen molar-refractivity contribution >= 4 is 11.8 Å². The van der Waals surface area contributed by atoms with Crippen molar-refractivity contribution in [1.29, 1.82) is 0 Å². The second-order valence-electron chi connectivity index (χ2n) is 8.79. The second-order valence-corrected chi connectivity index (χ2v) is 8.79. The summed E-state index contributed by atoms with van der Waals surface area (Å²) in [5.74, 6) is 0.0931. The molecule has 6 heteroatoms. The van der Waals surface area contributed by atoms with Crippen LogP contribution in [-0.4, -0.2) is 52.8 Å². The Balaban J connectivity index is 1.45. The predicted molar refractivity (Wildman–Crippen MR) is 104 cm³/mol. The minimum absolute atomic E-state index is 0.113. The van der Waals surface area contributed by atoms with Gasteiger partial charge < -0.3 is 9.80 Å². The van der Waals surface area contributed by atoms with Gasteiger partial charge in [-0.3, -0.25) is 9.59 Å². The molecule has 28 heavy (non-hydrogen) atoms. The van der Waals surface area contributed by atoms with E-state index in [1.54, 1.807) is 0 Å². The first kappa shape index (κ1) is 19.3. The Hall–Kier alpha value is -1.98. The number of aromatic nitrogens is 1. The topological polar surface area (TPSA) is 53.5 Å². The molecular formula is C22H30FN3O2. The number of carbonyl (C=O) groups excluding carboxylic acids is 2. The summed E-state index contributed by atoms with van der Waals surface area (Å²) in [6, 6.07) is 2.76. The molecule has 0 bridgehead atoms. The standard InChI is InChI=1S/C22H30FN3O2/c23-18-7-8-19(24-14-18)21(28)26-15-17(22(16-26)10-2-1-3-11-22)6-9-20(27)25-12-4-5-13-25/h7-8,14,17H,1-6,9-13,15-16H2. The predicted octanol–water partition coefficient (Wildman–Crippen LogP) is 3.65. The summed E-state index contributed by atoms with van der Waals surface area (Å²) in [4.78, 5) is 33.4. The van der Waals surface area contributed by atoms with Crippen molar-refractivity contribution < 1.29 is 14.0 Å². The number of hydrogen-bond donors (Lipinski definition) is 0. The van der Waals surface area contributed by atoms with Gasteiger partial charge in [-0.1, -0.05) is 19.3 Å². The van der Waals surface area contributed by atoms with Gasteiger partial charge >= 0.3 is 0 Å². The Labute approximate surface area is 166 Å². The monoisotopic (exact) mass is 387 g/mol. The Kier molecular flexibility index (Phi) is 5.65. The molecule has 4 rings (SSSR count). The molecular weight excluding hydrogens is 357 g/mol. The maximum Gasteiger partial charge on any atom is 0.272 e. The van der Waals surface area contributed by atoms with E-state index in [2.05, 4.69) is 4.98 Å². The molecule has 1 aliphatic carbocycles. The SMILES string of the molecule is O=C(CCC1CN(C(=O)c2ccc(F)cn2)CC12CCCCC2)N1CCCC1. The summed E-state index contributed by atoms with van der Waals surface area (Å²) < 4.78 is 13.2. The van der Waals surface area contributed by atoms with E-state index < -0.39 is 5.82 Å². The summed E-state index contributed by atoms with van der Waals surface area (Å²) in [5.41, 5.74) is 0.445. The summed E-state index contributed by atoms with van der Waals surface area (Å²) in [6.07, 6.45) is 10.7. The van der Waals surface area contributed by atoms with Crippen LogP contribution in [0.25, 0.3) is 0 Å². The molecule has 2 amide bonds. The summed E-state index contributed by atoms with van der Waals surface area (Å²) in [7, 11) is 0. The summed E-state index contributed by atoms with van der Waals surface area (Å²) in [5, 5.41) is 0. The lowest BCUT2D eigenvalue weighted by Crippen LogP contribution is -2.35. The molecule has 1 unspecified atom stereocenters. The zero-order valence-corrected chi connectivity index (χ0v) is 16.5. The van der Waals surface area contributed by atoms with Crippen molar-refractivity contribution in [3.05, 3.63) is 29.8 Å². The highest BCUT2D eigenvalue weighted by Crippen LogP contribution is 2.49. The van der Waals surface area contributed by atoms with Crippen molar-refractivity contribution in [1.82, 2.24) is 14.8 Å². The highest BCUT2D eigenvalue weighted by Gasteiger charge is 2.48. The molecule has 2 aliphatic heterocycles. The third-order valence-corrected chi connectivity index (χ3v) is 7.06. The average molecular weight is 387 g/mol. The van der Waals surface area contributed by atoms with E-state index in [0.29, 0.717) is 24.6 Å². The van der Waals surface area contributed by atoms with Gasteiger partial charge in [0.05, 0.1) is 6.20 Å². The van der Waals surface area contributed by atoms with E-state index >= 15 is 0 Å². The van der Waals surface area contributed by atoms with Crippen molar-refractivity contribution in [2.45, 2.75) is 57.8 Å². The number of pyridine rings is 1. The van der Waals surface area contributed by atoms with Crippen LogP contribution in [0.1, 0.15) is 68.3 Å². The largest absolute Gasteiger partial charge is 0.343 e. The maximum absolute atomic E-state index is 13.2. The number of rotatable bonds is 4. The smallest absolute Gasteiger partial charge is 0.272 e. The van der Waals surface area contributed by atoms with Crippen molar-refractivity contribution in [2.75, 3.05) is 26.2 Å². The molecule has 1 aromatic heterocycles. The number of likely N-dealkylation sites (tertiary alicyclic amines) is 2. The summed E-state index contributed by atoms with van der Waals surface area (Å²) >= 11 is 0. The summed E-state index contributed by atoms with van der Waals surface area (Å²) in [6.45, 7) is 3.23. The van der Waals surface area contributed by atoms with Gasteiger partial charge in [-0.25, -0.2) is 9.37 Å². The van der Waals surface area contributed by atoms with Gasteiger partial charge in [0, 0.05) is 32.6 Å². The van der Waals surface area contributed by atoms with Crippen molar-refractivity contribution in [3.8, 4) is 0 Å². The molecule has 5 nitrogen and oxygen atoms in total. The molecule has 1 saturated carbocycles. The van der Waals surface area contributed by atoms with Gasteiger partial charge in [0.2, 0.25) is 5.91 Å². The highest BCUT2D eigenvalue weighted by atomic mass is 19.1. The van der Waals surface area contributed by atoms with E-state index in [0.717, 1.165) is 57.9 Å². The van der Waals surface area contributed by atoms with Crippen LogP contribution in [0.3, 0.4) is 0 Å². The normalized spacial score (nSPS) is 24.1. The first-order valence-electron chi connectivity index (χ1n) is 10.8. The Bertz CT molecular complexity index is 709. The van der Waals surface area contributed by atoms with Gasteiger partial charge in [-0.2, -0.15) is 0 Å². The van der Waals surface area contributed by atoms with Gasteiger partial charge in [0.1, 0.15) is 11.5 Å². The van der Waals surface area contributed by atoms with Crippen LogP contribution in [0.4, 0.5) is 4.39 Å². The van der Waals surface area contributed by atoms with Gasteiger partial charge in [-0.05, 0) is 55.6 Å².